The zero-order chi connectivity index (χ0) is 13.2. The molecule has 97 valence electrons. The number of carbonyl (C=O) groups excluding carboxylic acids is 1. The van der Waals surface area contributed by atoms with Crippen molar-refractivity contribution in [3.8, 4) is 0 Å². The SMILES string of the molecule is NCCSSCC(N)C(=O)N[B]c1ccccc1. The number of amides is 1. The van der Waals surface area contributed by atoms with Crippen molar-refractivity contribution < 1.29 is 4.79 Å². The van der Waals surface area contributed by atoms with Crippen LogP contribution in [0.1, 0.15) is 0 Å². The first-order valence-electron chi connectivity index (χ1n) is 5.62. The Morgan fingerprint density at radius 3 is 2.72 bits per heavy atom. The van der Waals surface area contributed by atoms with Crippen LogP contribution in [0.25, 0.3) is 0 Å². The fourth-order valence-corrected chi connectivity index (χ4v) is 3.09. The number of hydrogen-bond donors (Lipinski definition) is 3. The molecule has 0 saturated carbocycles. The highest BCUT2D eigenvalue weighted by Crippen LogP contribution is 2.20. The first-order chi connectivity index (χ1) is 8.74. The van der Waals surface area contributed by atoms with Crippen molar-refractivity contribution in [3.63, 3.8) is 0 Å². The zero-order valence-electron chi connectivity index (χ0n) is 10.0. The van der Waals surface area contributed by atoms with Gasteiger partial charge in [0.05, 0.1) is 6.04 Å². The number of nitrogens with two attached hydrogens (primary N) is 2. The van der Waals surface area contributed by atoms with E-state index in [1.807, 2.05) is 30.3 Å². The molecular weight excluding hydrogens is 265 g/mol. The summed E-state index contributed by atoms with van der Waals surface area (Å²) in [4.78, 5) is 11.7. The average Bonchev–Trinajstić information content (AvgIpc) is 2.42. The fraction of sp³-hybridized carbons (Fsp3) is 0.364. The molecule has 1 aromatic carbocycles. The Morgan fingerprint density at radius 1 is 1.33 bits per heavy atom. The Hall–Kier alpha value is -0.625. The molecule has 0 spiro atoms. The average molecular weight is 282 g/mol. The van der Waals surface area contributed by atoms with Crippen molar-refractivity contribution in [2.24, 2.45) is 11.5 Å². The van der Waals surface area contributed by atoms with Crippen molar-refractivity contribution >= 4 is 40.4 Å². The standard InChI is InChI=1S/C11H17BN3OS2/c13-6-7-17-18-8-10(14)11(16)15-12-9-4-2-1-3-5-9/h1-5,10H,6-8,13-14H2,(H,15,16). The van der Waals surface area contributed by atoms with Crippen LogP contribution < -0.4 is 22.2 Å². The summed E-state index contributed by atoms with van der Waals surface area (Å²) in [5, 5.41) is 2.70. The summed E-state index contributed by atoms with van der Waals surface area (Å²) in [7, 11) is 4.87. The largest absolute Gasteiger partial charge is 0.397 e. The van der Waals surface area contributed by atoms with Crippen LogP contribution in [0, 0.1) is 0 Å². The highest BCUT2D eigenvalue weighted by atomic mass is 33.1. The van der Waals surface area contributed by atoms with Gasteiger partial charge in [-0.15, -0.1) is 0 Å². The molecule has 0 fully saturated rings. The van der Waals surface area contributed by atoms with Crippen LogP contribution in [0.2, 0.25) is 0 Å². The monoisotopic (exact) mass is 282 g/mol. The van der Waals surface area contributed by atoms with E-state index < -0.39 is 6.04 Å². The van der Waals surface area contributed by atoms with Crippen molar-refractivity contribution in [2.45, 2.75) is 6.04 Å². The Kier molecular flexibility index (Phi) is 7.99. The van der Waals surface area contributed by atoms with E-state index in [-0.39, 0.29) is 5.91 Å². The van der Waals surface area contributed by atoms with Crippen LogP contribution in [-0.4, -0.2) is 37.4 Å². The van der Waals surface area contributed by atoms with Gasteiger partial charge < -0.3 is 16.7 Å². The molecule has 1 amide bonds. The molecule has 1 rings (SSSR count). The van der Waals surface area contributed by atoms with Gasteiger partial charge in [0.25, 0.3) is 7.41 Å². The Bertz CT molecular complexity index is 353. The normalized spacial score (nSPS) is 11.9. The third kappa shape index (κ3) is 6.35. The van der Waals surface area contributed by atoms with Crippen LogP contribution in [0.15, 0.2) is 30.3 Å². The van der Waals surface area contributed by atoms with Gasteiger partial charge in [-0.05, 0) is 0 Å². The zero-order valence-corrected chi connectivity index (χ0v) is 11.7. The van der Waals surface area contributed by atoms with Crippen LogP contribution in [0.4, 0.5) is 0 Å². The first kappa shape index (κ1) is 15.4. The van der Waals surface area contributed by atoms with E-state index in [2.05, 4.69) is 5.23 Å². The Balaban J connectivity index is 2.19. The molecule has 1 radical (unpaired) electrons. The second kappa shape index (κ2) is 9.32. The number of hydrogen-bond acceptors (Lipinski definition) is 5. The molecule has 7 heteroatoms. The van der Waals surface area contributed by atoms with Crippen molar-refractivity contribution in [2.75, 3.05) is 18.1 Å². The lowest BCUT2D eigenvalue weighted by atomic mass is 9.83. The molecule has 0 bridgehead atoms. The van der Waals surface area contributed by atoms with Crippen LogP contribution in [-0.2, 0) is 4.79 Å². The van der Waals surface area contributed by atoms with E-state index in [9.17, 15) is 4.79 Å². The maximum absolute atomic E-state index is 11.7. The van der Waals surface area contributed by atoms with E-state index in [0.717, 1.165) is 11.2 Å². The molecule has 0 aliphatic heterocycles. The second-order valence-electron chi connectivity index (χ2n) is 3.57. The number of nitrogens with one attached hydrogen (secondary N) is 1. The summed E-state index contributed by atoms with van der Waals surface area (Å²) >= 11 is 0. The molecular formula is C11H17BN3OS2. The quantitative estimate of drug-likeness (QED) is 0.347. The van der Waals surface area contributed by atoms with E-state index in [1.54, 1.807) is 29.0 Å². The lowest BCUT2D eigenvalue weighted by Gasteiger charge is -2.10. The third-order valence-corrected chi connectivity index (χ3v) is 4.52. The smallest absolute Gasteiger partial charge is 0.284 e. The minimum absolute atomic E-state index is 0.167. The molecule has 1 unspecified atom stereocenters. The molecule has 0 aliphatic rings. The summed E-state index contributed by atoms with van der Waals surface area (Å²) < 4.78 is 0. The van der Waals surface area contributed by atoms with Gasteiger partial charge in [0, 0.05) is 18.1 Å². The molecule has 5 N–H and O–H groups in total. The third-order valence-electron chi connectivity index (χ3n) is 2.05. The topological polar surface area (TPSA) is 81.1 Å². The van der Waals surface area contributed by atoms with Gasteiger partial charge in [-0.2, -0.15) is 0 Å². The maximum Gasteiger partial charge on any atom is 0.284 e. The van der Waals surface area contributed by atoms with Crippen LogP contribution in [0.3, 0.4) is 0 Å². The highest BCUT2D eigenvalue weighted by molar-refractivity contribution is 8.76. The summed E-state index contributed by atoms with van der Waals surface area (Å²) in [6.07, 6.45) is 0. The van der Waals surface area contributed by atoms with Crippen molar-refractivity contribution in [3.05, 3.63) is 30.3 Å². The minimum Gasteiger partial charge on any atom is -0.397 e. The predicted octanol–water partition coefficient (Wildman–Crippen LogP) is -0.285. The van der Waals surface area contributed by atoms with Gasteiger partial charge in [0.1, 0.15) is 0 Å². The maximum atomic E-state index is 11.7. The summed E-state index contributed by atoms with van der Waals surface area (Å²) in [6, 6.07) is 9.08. The molecule has 0 aliphatic carbocycles. The molecule has 0 aromatic heterocycles. The summed E-state index contributed by atoms with van der Waals surface area (Å²) in [6.45, 7) is 0.640. The van der Waals surface area contributed by atoms with Crippen molar-refractivity contribution in [1.29, 1.82) is 0 Å². The van der Waals surface area contributed by atoms with Crippen molar-refractivity contribution in [1.82, 2.24) is 5.23 Å². The highest BCUT2D eigenvalue weighted by Gasteiger charge is 2.13. The number of carbonyl (C=O) groups is 1. The first-order valence-corrected chi connectivity index (χ1v) is 8.11. The summed E-state index contributed by atoms with van der Waals surface area (Å²) in [5.41, 5.74) is 12.1. The lowest BCUT2D eigenvalue weighted by Crippen LogP contribution is -2.46. The van der Waals surface area contributed by atoms with Gasteiger partial charge in [-0.25, -0.2) is 0 Å². The Morgan fingerprint density at radius 2 is 2.06 bits per heavy atom. The molecule has 0 heterocycles. The van der Waals surface area contributed by atoms with Gasteiger partial charge in [0.2, 0.25) is 5.91 Å². The predicted molar refractivity (Wildman–Crippen MR) is 81.9 cm³/mol. The molecule has 1 aromatic rings. The second-order valence-corrected chi connectivity index (χ2v) is 6.19. The molecule has 4 nitrogen and oxygen atoms in total. The van der Waals surface area contributed by atoms with Crippen LogP contribution >= 0.6 is 21.6 Å². The van der Waals surface area contributed by atoms with E-state index in [0.29, 0.717) is 12.3 Å². The number of rotatable bonds is 8. The minimum atomic E-state index is -0.500. The van der Waals surface area contributed by atoms with E-state index >= 15 is 0 Å². The summed E-state index contributed by atoms with van der Waals surface area (Å²) in [5.74, 6) is 1.29. The fourth-order valence-electron chi connectivity index (χ4n) is 1.11. The lowest BCUT2D eigenvalue weighted by molar-refractivity contribution is -0.120. The van der Waals surface area contributed by atoms with Gasteiger partial charge >= 0.3 is 0 Å². The van der Waals surface area contributed by atoms with E-state index in [4.69, 9.17) is 11.5 Å². The van der Waals surface area contributed by atoms with Crippen LogP contribution in [0.5, 0.6) is 0 Å². The van der Waals surface area contributed by atoms with Gasteiger partial charge in [-0.3, -0.25) is 4.79 Å². The molecule has 18 heavy (non-hydrogen) atoms. The van der Waals surface area contributed by atoms with Gasteiger partial charge in [0.15, 0.2) is 0 Å². The molecule has 1 atom stereocenters. The molecule has 0 saturated heterocycles. The number of benzene rings is 1. The Labute approximate surface area is 116 Å². The van der Waals surface area contributed by atoms with Gasteiger partial charge in [-0.1, -0.05) is 57.4 Å². The van der Waals surface area contributed by atoms with E-state index in [1.165, 1.54) is 0 Å².